The number of pyridine rings is 1. The predicted molar refractivity (Wildman–Crippen MR) is 110 cm³/mol. The van der Waals surface area contributed by atoms with Crippen molar-refractivity contribution in [1.29, 1.82) is 0 Å². The maximum atomic E-state index is 4.86. The molecule has 6 heteroatoms. The topological polar surface area (TPSA) is 58.3 Å². The molecule has 0 amide bonds. The molecule has 0 aliphatic carbocycles. The fraction of sp³-hybridized carbons (Fsp3) is 0.571. The third kappa shape index (κ3) is 3.57. The summed E-state index contributed by atoms with van der Waals surface area (Å²) in [6.45, 7) is 17.8. The summed E-state index contributed by atoms with van der Waals surface area (Å²) in [5.41, 5.74) is 3.55. The molecule has 1 aliphatic heterocycles. The zero-order chi connectivity index (χ0) is 19.8. The number of hydrogen-bond acceptors (Lipinski definition) is 3. The largest absolute Gasteiger partial charge is 0.356 e. The van der Waals surface area contributed by atoms with Crippen molar-refractivity contribution in [3.05, 3.63) is 41.3 Å². The average Bonchev–Trinajstić information content (AvgIpc) is 2.95. The third-order valence-electron chi connectivity index (χ3n) is 5.92. The van der Waals surface area contributed by atoms with Crippen LogP contribution in [0, 0.1) is 19.3 Å². The van der Waals surface area contributed by atoms with E-state index in [-0.39, 0.29) is 11.0 Å². The van der Waals surface area contributed by atoms with Gasteiger partial charge in [0.25, 0.3) is 0 Å². The first kappa shape index (κ1) is 19.4. The Balaban J connectivity index is 1.74. The molecule has 0 radical (unpaired) electrons. The Kier molecular flexibility index (Phi) is 5.02. The number of nitrogens with zero attached hydrogens (tertiary/aromatic N) is 5. The lowest BCUT2D eigenvalue weighted by atomic mass is 9.65. The van der Waals surface area contributed by atoms with Crippen LogP contribution in [-0.4, -0.2) is 44.3 Å². The van der Waals surface area contributed by atoms with Crippen molar-refractivity contribution in [2.45, 2.75) is 60.5 Å². The van der Waals surface area contributed by atoms with Crippen LogP contribution in [0.4, 0.5) is 0 Å². The van der Waals surface area contributed by atoms with Gasteiger partial charge in [0.05, 0.1) is 12.2 Å². The van der Waals surface area contributed by atoms with Crippen molar-refractivity contribution in [2.75, 3.05) is 13.1 Å². The van der Waals surface area contributed by atoms with Gasteiger partial charge < -0.3 is 10.2 Å². The quantitative estimate of drug-likeness (QED) is 0.663. The van der Waals surface area contributed by atoms with Crippen molar-refractivity contribution in [1.82, 2.24) is 25.0 Å². The van der Waals surface area contributed by atoms with Gasteiger partial charge in [-0.05, 0) is 52.3 Å². The van der Waals surface area contributed by atoms with Crippen LogP contribution in [0.5, 0.6) is 0 Å². The lowest BCUT2D eigenvalue weighted by molar-refractivity contribution is -0.0667. The second kappa shape index (κ2) is 6.98. The van der Waals surface area contributed by atoms with E-state index >= 15 is 0 Å². The molecule has 0 saturated carbocycles. The molecular weight excluding hydrogens is 336 g/mol. The highest BCUT2D eigenvalue weighted by atomic mass is 15.4. The fourth-order valence-corrected chi connectivity index (χ4v) is 3.46. The number of likely N-dealkylation sites (tertiary alicyclic amines) is 1. The van der Waals surface area contributed by atoms with Crippen LogP contribution in [-0.2, 0) is 6.54 Å². The Morgan fingerprint density at radius 2 is 1.96 bits per heavy atom. The number of aliphatic imine (C=N–C) groups is 1. The van der Waals surface area contributed by atoms with Crippen LogP contribution in [0.1, 0.15) is 51.6 Å². The Bertz CT molecular complexity index is 829. The summed E-state index contributed by atoms with van der Waals surface area (Å²) < 4.78 is 1.87. The van der Waals surface area contributed by atoms with Crippen LogP contribution in [0.25, 0.3) is 5.82 Å². The van der Waals surface area contributed by atoms with E-state index in [1.54, 1.807) is 0 Å². The Morgan fingerprint density at radius 1 is 1.22 bits per heavy atom. The molecule has 3 heterocycles. The highest BCUT2D eigenvalue weighted by molar-refractivity contribution is 5.82. The first-order valence-electron chi connectivity index (χ1n) is 9.70. The third-order valence-corrected chi connectivity index (χ3v) is 5.92. The summed E-state index contributed by atoms with van der Waals surface area (Å²) >= 11 is 0. The molecule has 0 atom stereocenters. The van der Waals surface area contributed by atoms with Crippen LogP contribution in [0.3, 0.4) is 0 Å². The van der Waals surface area contributed by atoms with Crippen molar-refractivity contribution in [3.63, 3.8) is 0 Å². The van der Waals surface area contributed by atoms with E-state index in [1.165, 1.54) is 0 Å². The van der Waals surface area contributed by atoms with Gasteiger partial charge in [-0.3, -0.25) is 0 Å². The molecule has 146 valence electrons. The van der Waals surface area contributed by atoms with Gasteiger partial charge in [-0.1, -0.05) is 19.9 Å². The highest BCUT2D eigenvalue weighted by Gasteiger charge is 2.53. The number of rotatable bonds is 4. The maximum Gasteiger partial charge on any atom is 0.194 e. The summed E-state index contributed by atoms with van der Waals surface area (Å²) in [6, 6.07) is 6.14. The summed E-state index contributed by atoms with van der Waals surface area (Å²) in [7, 11) is 0. The molecule has 0 aromatic carbocycles. The molecule has 0 spiro atoms. The molecule has 2 aromatic heterocycles. The maximum absolute atomic E-state index is 4.86. The Morgan fingerprint density at radius 3 is 2.44 bits per heavy atom. The summed E-state index contributed by atoms with van der Waals surface area (Å²) in [4.78, 5) is 11.8. The average molecular weight is 369 g/mol. The van der Waals surface area contributed by atoms with E-state index in [2.05, 4.69) is 67.1 Å². The molecular formula is C21H32N6. The first-order valence-corrected chi connectivity index (χ1v) is 9.70. The van der Waals surface area contributed by atoms with Gasteiger partial charge in [-0.15, -0.1) is 0 Å². The van der Waals surface area contributed by atoms with Gasteiger partial charge in [0.1, 0.15) is 0 Å². The predicted octanol–water partition coefficient (Wildman–Crippen LogP) is 3.47. The summed E-state index contributed by atoms with van der Waals surface area (Å²) in [6.07, 6.45) is 1.89. The SMILES string of the molecule is CCNC(=NCc1ccc(-n2nc(C)cc2C)nc1)N1CC(C)(C)C1(C)C. The van der Waals surface area contributed by atoms with Gasteiger partial charge in [-0.25, -0.2) is 14.7 Å². The monoisotopic (exact) mass is 368 g/mol. The number of aryl methyl sites for hydroxylation is 2. The second-order valence-corrected chi connectivity index (χ2v) is 8.56. The van der Waals surface area contributed by atoms with Crippen LogP contribution >= 0.6 is 0 Å². The lowest BCUT2D eigenvalue weighted by Gasteiger charge is -2.62. The number of aromatic nitrogens is 3. The minimum Gasteiger partial charge on any atom is -0.356 e. The van der Waals surface area contributed by atoms with Crippen LogP contribution in [0.2, 0.25) is 0 Å². The summed E-state index contributed by atoms with van der Waals surface area (Å²) in [5, 5.41) is 7.93. The Hall–Kier alpha value is -2.37. The molecule has 0 bridgehead atoms. The zero-order valence-corrected chi connectivity index (χ0v) is 17.7. The van der Waals surface area contributed by atoms with Gasteiger partial charge in [0.2, 0.25) is 0 Å². The molecule has 1 aliphatic rings. The van der Waals surface area contributed by atoms with E-state index in [0.717, 1.165) is 41.8 Å². The van der Waals surface area contributed by atoms with E-state index in [0.29, 0.717) is 6.54 Å². The normalized spacial score (nSPS) is 18.3. The van der Waals surface area contributed by atoms with Crippen LogP contribution < -0.4 is 5.32 Å². The van der Waals surface area contributed by atoms with Gasteiger partial charge >= 0.3 is 0 Å². The molecule has 2 aromatic rings. The number of nitrogens with one attached hydrogen (secondary N) is 1. The molecule has 6 nitrogen and oxygen atoms in total. The molecule has 27 heavy (non-hydrogen) atoms. The minimum absolute atomic E-state index is 0.0889. The van der Waals surface area contributed by atoms with Crippen LogP contribution in [0.15, 0.2) is 29.4 Å². The molecule has 0 unspecified atom stereocenters. The highest BCUT2D eigenvalue weighted by Crippen LogP contribution is 2.46. The fourth-order valence-electron chi connectivity index (χ4n) is 3.46. The summed E-state index contributed by atoms with van der Waals surface area (Å²) in [5.74, 6) is 1.82. The standard InChI is InChI=1S/C21H32N6/c1-8-22-19(26-14-20(4,5)21(26,6)7)24-13-17-9-10-18(23-12-17)27-16(3)11-15(2)25-27/h9-12H,8,13-14H2,1-7H3,(H,22,24). The molecule has 1 saturated heterocycles. The van der Waals surface area contributed by atoms with Crippen molar-refractivity contribution < 1.29 is 0 Å². The van der Waals surface area contributed by atoms with E-state index < -0.39 is 0 Å². The zero-order valence-electron chi connectivity index (χ0n) is 17.7. The lowest BCUT2D eigenvalue weighted by Crippen LogP contribution is -2.72. The minimum atomic E-state index is 0.0889. The molecule has 1 N–H and O–H groups in total. The van der Waals surface area contributed by atoms with Gasteiger partial charge in [0, 0.05) is 35.9 Å². The van der Waals surface area contributed by atoms with Crippen molar-refractivity contribution >= 4 is 5.96 Å². The molecule has 3 rings (SSSR count). The smallest absolute Gasteiger partial charge is 0.194 e. The van der Waals surface area contributed by atoms with Gasteiger partial charge in [-0.2, -0.15) is 5.10 Å². The number of hydrogen-bond donors (Lipinski definition) is 1. The van der Waals surface area contributed by atoms with E-state index in [9.17, 15) is 0 Å². The van der Waals surface area contributed by atoms with Crippen molar-refractivity contribution in [3.8, 4) is 5.82 Å². The van der Waals surface area contributed by atoms with Gasteiger partial charge in [0.15, 0.2) is 11.8 Å². The Labute approximate surface area is 162 Å². The second-order valence-electron chi connectivity index (χ2n) is 8.56. The van der Waals surface area contributed by atoms with E-state index in [4.69, 9.17) is 4.99 Å². The van der Waals surface area contributed by atoms with Crippen molar-refractivity contribution in [2.24, 2.45) is 10.4 Å². The molecule has 1 fully saturated rings. The first-order chi connectivity index (χ1) is 12.7. The number of guanidine groups is 1. The van der Waals surface area contributed by atoms with E-state index in [1.807, 2.05) is 30.8 Å².